The minimum absolute atomic E-state index is 0.0823. The topological polar surface area (TPSA) is 80.6 Å². The molecule has 1 heterocycles. The lowest BCUT2D eigenvalue weighted by atomic mass is 10.1. The molecule has 0 atom stereocenters. The van der Waals surface area contributed by atoms with Gasteiger partial charge in [-0.05, 0) is 13.8 Å². The molecule has 22 heavy (non-hydrogen) atoms. The zero-order valence-electron chi connectivity index (χ0n) is 12.4. The molecule has 0 bridgehead atoms. The third-order valence-corrected chi connectivity index (χ3v) is 2.92. The first-order chi connectivity index (χ1) is 10.2. The number of carbonyl (C=O) groups is 1. The molecule has 1 fully saturated rings. The fraction of sp³-hybridized carbons (Fsp3) is 0.692. The second-order valence-corrected chi connectivity index (χ2v) is 4.69. The van der Waals surface area contributed by atoms with Crippen molar-refractivity contribution in [2.75, 3.05) is 26.4 Å². The number of rotatable bonds is 7. The van der Waals surface area contributed by atoms with Crippen molar-refractivity contribution in [1.29, 1.82) is 5.41 Å². The van der Waals surface area contributed by atoms with E-state index < -0.39 is 29.2 Å². The van der Waals surface area contributed by atoms with E-state index in [-0.39, 0.29) is 13.2 Å². The summed E-state index contributed by atoms with van der Waals surface area (Å²) in [5.41, 5.74) is -2.62. The van der Waals surface area contributed by atoms with Crippen LogP contribution in [-0.2, 0) is 19.0 Å². The highest BCUT2D eigenvalue weighted by molar-refractivity contribution is 6.20. The molecule has 0 spiro atoms. The van der Waals surface area contributed by atoms with Gasteiger partial charge in [0.1, 0.15) is 5.57 Å². The van der Waals surface area contributed by atoms with E-state index in [0.717, 1.165) is 6.20 Å². The summed E-state index contributed by atoms with van der Waals surface area (Å²) in [5.74, 6) is -1.99. The van der Waals surface area contributed by atoms with Crippen molar-refractivity contribution in [1.82, 2.24) is 5.32 Å². The summed E-state index contributed by atoms with van der Waals surface area (Å²) >= 11 is 0. The molecule has 0 saturated carbocycles. The molecule has 1 saturated heterocycles. The number of halogens is 3. The third-order valence-electron chi connectivity index (χ3n) is 2.92. The molecule has 0 aromatic heterocycles. The lowest BCUT2D eigenvalue weighted by Gasteiger charge is -2.22. The molecule has 1 aliphatic heterocycles. The lowest BCUT2D eigenvalue weighted by molar-refractivity contribution is -0.145. The summed E-state index contributed by atoms with van der Waals surface area (Å²) < 4.78 is 52.9. The van der Waals surface area contributed by atoms with Crippen LogP contribution in [0.15, 0.2) is 11.8 Å². The van der Waals surface area contributed by atoms with Crippen LogP contribution >= 0.6 is 0 Å². The number of hydrogen-bond donors (Lipinski definition) is 2. The highest BCUT2D eigenvalue weighted by atomic mass is 19.4. The summed E-state index contributed by atoms with van der Waals surface area (Å²) in [5, 5.41) is 9.63. The summed E-state index contributed by atoms with van der Waals surface area (Å²) in [4.78, 5) is 11.5. The molecule has 0 aromatic rings. The average molecular weight is 324 g/mol. The largest absolute Gasteiger partial charge is 0.462 e. The molecule has 0 aliphatic carbocycles. The maximum Gasteiger partial charge on any atom is 0.433 e. The van der Waals surface area contributed by atoms with Gasteiger partial charge in [0.15, 0.2) is 11.5 Å². The highest BCUT2D eigenvalue weighted by Crippen LogP contribution is 2.23. The van der Waals surface area contributed by atoms with Crippen molar-refractivity contribution in [2.45, 2.75) is 32.2 Å². The van der Waals surface area contributed by atoms with E-state index in [1.54, 1.807) is 6.92 Å². The maximum atomic E-state index is 12.6. The number of carbonyl (C=O) groups excluding carboxylic acids is 1. The van der Waals surface area contributed by atoms with Crippen LogP contribution in [0.4, 0.5) is 13.2 Å². The second kappa shape index (κ2) is 7.59. The first-order valence-corrected chi connectivity index (χ1v) is 6.74. The van der Waals surface area contributed by atoms with E-state index in [1.165, 1.54) is 6.92 Å². The van der Waals surface area contributed by atoms with Crippen LogP contribution < -0.4 is 5.32 Å². The molecular weight excluding hydrogens is 305 g/mol. The molecule has 9 heteroatoms. The van der Waals surface area contributed by atoms with Crippen molar-refractivity contribution in [3.63, 3.8) is 0 Å². The van der Waals surface area contributed by atoms with Gasteiger partial charge in [0, 0.05) is 19.2 Å². The van der Waals surface area contributed by atoms with Crippen LogP contribution in [0.3, 0.4) is 0 Å². The Balaban J connectivity index is 2.66. The Bertz CT molecular complexity index is 443. The van der Waals surface area contributed by atoms with E-state index in [1.807, 2.05) is 0 Å². The van der Waals surface area contributed by atoms with Crippen molar-refractivity contribution in [2.24, 2.45) is 0 Å². The smallest absolute Gasteiger partial charge is 0.433 e. The van der Waals surface area contributed by atoms with Crippen molar-refractivity contribution in [3.05, 3.63) is 11.8 Å². The van der Waals surface area contributed by atoms with E-state index >= 15 is 0 Å². The Labute approximate surface area is 126 Å². The van der Waals surface area contributed by atoms with Crippen molar-refractivity contribution >= 4 is 11.7 Å². The van der Waals surface area contributed by atoms with E-state index in [4.69, 9.17) is 14.9 Å². The number of hydrogen-bond acceptors (Lipinski definition) is 6. The third kappa shape index (κ3) is 5.30. The molecule has 2 N–H and O–H groups in total. The normalized spacial score (nSPS) is 18.1. The fourth-order valence-electron chi connectivity index (χ4n) is 1.77. The number of ether oxygens (including phenoxy) is 3. The fourth-order valence-corrected chi connectivity index (χ4v) is 1.77. The molecule has 0 aromatic carbocycles. The predicted molar refractivity (Wildman–Crippen MR) is 71.4 cm³/mol. The summed E-state index contributed by atoms with van der Waals surface area (Å²) in [7, 11) is 0. The zero-order chi connectivity index (χ0) is 16.8. The molecule has 1 aliphatic rings. The maximum absolute atomic E-state index is 12.6. The van der Waals surface area contributed by atoms with Crippen LogP contribution in [0.2, 0.25) is 0 Å². The van der Waals surface area contributed by atoms with Gasteiger partial charge >= 0.3 is 12.1 Å². The number of esters is 1. The quantitative estimate of drug-likeness (QED) is 0.323. The predicted octanol–water partition coefficient (Wildman–Crippen LogP) is 1.76. The molecule has 6 nitrogen and oxygen atoms in total. The van der Waals surface area contributed by atoms with Gasteiger partial charge in [-0.25, -0.2) is 4.79 Å². The molecule has 126 valence electrons. The minimum atomic E-state index is -4.93. The second-order valence-electron chi connectivity index (χ2n) is 4.69. The highest BCUT2D eigenvalue weighted by Gasteiger charge is 2.39. The Hall–Kier alpha value is -1.61. The summed E-state index contributed by atoms with van der Waals surface area (Å²) in [6, 6.07) is 0. The average Bonchev–Trinajstić information content (AvgIpc) is 2.84. The first kappa shape index (κ1) is 18.4. The molecular formula is C13H19F3N2O4. The molecule has 0 unspecified atom stereocenters. The summed E-state index contributed by atoms with van der Waals surface area (Å²) in [6.45, 7) is 4.23. The van der Waals surface area contributed by atoms with E-state index in [0.29, 0.717) is 19.6 Å². The number of nitrogens with one attached hydrogen (secondary N) is 2. The van der Waals surface area contributed by atoms with E-state index in [9.17, 15) is 18.0 Å². The lowest BCUT2D eigenvalue weighted by Crippen LogP contribution is -2.32. The number of alkyl halides is 3. The van der Waals surface area contributed by atoms with Gasteiger partial charge in [-0.3, -0.25) is 5.41 Å². The Morgan fingerprint density at radius 1 is 1.41 bits per heavy atom. The van der Waals surface area contributed by atoms with Gasteiger partial charge < -0.3 is 19.5 Å². The van der Waals surface area contributed by atoms with Gasteiger partial charge in [-0.15, -0.1) is 0 Å². The Kier molecular flexibility index (Phi) is 6.36. The van der Waals surface area contributed by atoms with Crippen LogP contribution in [-0.4, -0.2) is 50.0 Å². The summed E-state index contributed by atoms with van der Waals surface area (Å²) in [6.07, 6.45) is -3.71. The zero-order valence-corrected chi connectivity index (χ0v) is 12.4. The van der Waals surface area contributed by atoms with Crippen LogP contribution in [0.1, 0.15) is 20.3 Å². The first-order valence-electron chi connectivity index (χ1n) is 6.74. The van der Waals surface area contributed by atoms with Gasteiger partial charge in [0.2, 0.25) is 0 Å². The monoisotopic (exact) mass is 324 g/mol. The van der Waals surface area contributed by atoms with Gasteiger partial charge in [-0.2, -0.15) is 13.2 Å². The van der Waals surface area contributed by atoms with Crippen LogP contribution in [0.5, 0.6) is 0 Å². The Morgan fingerprint density at radius 2 is 2.00 bits per heavy atom. The van der Waals surface area contributed by atoms with Crippen molar-refractivity contribution in [3.8, 4) is 0 Å². The SMILES string of the molecule is CCOC(=O)/C(=C/NCCC1(C)OCCO1)C(=N)C(F)(F)F. The van der Waals surface area contributed by atoms with Gasteiger partial charge in [-0.1, -0.05) is 0 Å². The van der Waals surface area contributed by atoms with Crippen LogP contribution in [0, 0.1) is 5.41 Å². The van der Waals surface area contributed by atoms with Gasteiger partial charge in [0.05, 0.1) is 19.8 Å². The van der Waals surface area contributed by atoms with Crippen molar-refractivity contribution < 1.29 is 32.2 Å². The standard InChI is InChI=1S/C13H19F3N2O4/c1-3-20-11(19)9(10(17)13(14,15)16)8-18-5-4-12(2)21-6-7-22-12/h8,17-18H,3-7H2,1-2H3/b9-8+,17-10?. The van der Waals surface area contributed by atoms with Gasteiger partial charge in [0.25, 0.3) is 0 Å². The molecule has 0 radical (unpaired) electrons. The minimum Gasteiger partial charge on any atom is -0.462 e. The van der Waals surface area contributed by atoms with E-state index in [2.05, 4.69) is 10.1 Å². The van der Waals surface area contributed by atoms with Crippen LogP contribution in [0.25, 0.3) is 0 Å². The molecule has 0 amide bonds. The molecule has 1 rings (SSSR count). The Morgan fingerprint density at radius 3 is 2.50 bits per heavy atom.